The fraction of sp³-hybridized carbons (Fsp3) is 0.571. The maximum absolute atomic E-state index is 11.8. The zero-order valence-electron chi connectivity index (χ0n) is 16.8. The predicted octanol–water partition coefficient (Wildman–Crippen LogP) is 2.53. The van der Waals surface area contributed by atoms with E-state index in [1.165, 1.54) is 10.0 Å². The van der Waals surface area contributed by atoms with Crippen LogP contribution in [-0.4, -0.2) is 56.0 Å². The molecule has 0 radical (unpaired) electrons. The Balaban J connectivity index is 3.39. The molecule has 30 heavy (non-hydrogen) atoms. The molecule has 0 N–H and O–H groups in total. The van der Waals surface area contributed by atoms with E-state index in [9.17, 15) is 30.6 Å². The Morgan fingerprint density at radius 1 is 0.733 bits per heavy atom. The summed E-state index contributed by atoms with van der Waals surface area (Å²) in [5, 5.41) is 55.0. The van der Waals surface area contributed by atoms with Gasteiger partial charge in [-0.25, -0.2) is 0 Å². The van der Waals surface area contributed by atoms with Crippen molar-refractivity contribution in [1.82, 2.24) is 10.0 Å². The molecule has 0 amide bonds. The van der Waals surface area contributed by atoms with E-state index in [4.69, 9.17) is 9.68 Å². The molecule has 0 atom stereocenters. The number of nitro groups is 2. The van der Waals surface area contributed by atoms with Gasteiger partial charge in [-0.15, -0.1) is 10.0 Å². The molecule has 16 nitrogen and oxygen atoms in total. The zero-order valence-corrected chi connectivity index (χ0v) is 16.8. The van der Waals surface area contributed by atoms with Gasteiger partial charge in [0.05, 0.1) is 46.0 Å². The highest BCUT2D eigenvalue weighted by Gasteiger charge is 2.29. The summed E-state index contributed by atoms with van der Waals surface area (Å²) < 4.78 is 0. The molecule has 0 spiro atoms. The highest BCUT2D eigenvalue weighted by molar-refractivity contribution is 5.61. The Hall–Kier alpha value is -3.98. The Morgan fingerprint density at radius 2 is 1.07 bits per heavy atom. The van der Waals surface area contributed by atoms with Crippen molar-refractivity contribution in [2.45, 2.75) is 27.7 Å². The fourth-order valence-electron chi connectivity index (χ4n) is 2.16. The number of hydrogen-bond donors (Lipinski definition) is 0. The van der Waals surface area contributed by atoms with Gasteiger partial charge in [-0.05, 0) is 27.7 Å². The van der Waals surface area contributed by atoms with Crippen LogP contribution in [0.25, 0.3) is 0 Å². The summed E-state index contributed by atoms with van der Waals surface area (Å²) in [7, 11) is 0. The van der Waals surface area contributed by atoms with E-state index in [0.29, 0.717) is 6.07 Å². The second-order valence-corrected chi connectivity index (χ2v) is 5.43. The highest BCUT2D eigenvalue weighted by atomic mass is 16.7. The summed E-state index contributed by atoms with van der Waals surface area (Å²) in [6.45, 7) is 7.85. The minimum atomic E-state index is -0.957. The summed E-state index contributed by atoms with van der Waals surface area (Å²) in [5.41, 5.74) is -1.68. The molecular formula is C14H22N8O8. The van der Waals surface area contributed by atoms with Gasteiger partial charge in [-0.3, -0.25) is 29.9 Å². The SMILES string of the molecule is CCN(CC)/[N+]([O-])=N/Oc1cc(O/N=[N+](\[O-])N(CC)CC)c([N+](=O)[O-])cc1[N+](=O)[O-]. The minimum Gasteiger partial charge on any atom is -0.569 e. The molecule has 0 fully saturated rings. The first-order chi connectivity index (χ1) is 14.2. The molecule has 0 aliphatic rings. The zero-order chi connectivity index (χ0) is 22.8. The fourth-order valence-corrected chi connectivity index (χ4v) is 2.16. The Labute approximate surface area is 170 Å². The normalized spacial score (nSPS) is 11.7. The van der Waals surface area contributed by atoms with Gasteiger partial charge in [0.1, 0.15) is 6.07 Å². The molecule has 0 aliphatic carbocycles. The summed E-state index contributed by atoms with van der Waals surface area (Å²) in [6.07, 6.45) is 0. The van der Waals surface area contributed by atoms with Gasteiger partial charge in [-0.2, -0.15) is 0 Å². The van der Waals surface area contributed by atoms with Crippen LogP contribution in [-0.2, 0) is 0 Å². The summed E-state index contributed by atoms with van der Waals surface area (Å²) in [4.78, 5) is 30.4. The lowest BCUT2D eigenvalue weighted by atomic mass is 10.2. The molecule has 0 saturated heterocycles. The van der Waals surface area contributed by atoms with Gasteiger partial charge in [0.15, 0.2) is 0 Å². The molecule has 0 saturated carbocycles. The van der Waals surface area contributed by atoms with Crippen LogP contribution in [0, 0.1) is 30.6 Å². The molecule has 0 aliphatic heterocycles. The Bertz CT molecular complexity index is 759. The summed E-state index contributed by atoms with van der Waals surface area (Å²) in [5.74, 6) is -1.24. The van der Waals surface area contributed by atoms with Crippen LogP contribution in [0.5, 0.6) is 11.5 Å². The molecule has 1 aromatic rings. The minimum absolute atomic E-state index is 0.0792. The number of nitrogens with zero attached hydrogens (tertiary/aromatic N) is 8. The van der Waals surface area contributed by atoms with Crippen LogP contribution in [0.4, 0.5) is 11.4 Å². The van der Waals surface area contributed by atoms with Gasteiger partial charge in [0.2, 0.25) is 22.1 Å². The predicted molar refractivity (Wildman–Crippen MR) is 99.0 cm³/mol. The van der Waals surface area contributed by atoms with E-state index in [0.717, 1.165) is 6.07 Å². The summed E-state index contributed by atoms with van der Waals surface area (Å²) in [6, 6.07) is 1.30. The van der Waals surface area contributed by atoms with Gasteiger partial charge >= 0.3 is 11.4 Å². The number of nitro benzene ring substituents is 2. The average molecular weight is 430 g/mol. The quantitative estimate of drug-likeness (QED) is 0.206. The Morgan fingerprint density at radius 3 is 1.33 bits per heavy atom. The van der Waals surface area contributed by atoms with E-state index in [2.05, 4.69) is 10.6 Å². The smallest absolute Gasteiger partial charge is 0.321 e. The van der Waals surface area contributed by atoms with Crippen LogP contribution in [0.15, 0.2) is 22.7 Å². The Kier molecular flexibility index (Phi) is 8.92. The molecular weight excluding hydrogens is 408 g/mol. The first-order valence-electron chi connectivity index (χ1n) is 8.86. The average Bonchev–Trinajstić information content (AvgIpc) is 2.71. The van der Waals surface area contributed by atoms with Crippen molar-refractivity contribution in [2.75, 3.05) is 26.2 Å². The molecule has 1 rings (SSSR count). The lowest BCUT2D eigenvalue weighted by molar-refractivity contribution is -0.706. The number of hydrogen-bond acceptors (Lipinski definition) is 10. The maximum Gasteiger partial charge on any atom is 0.321 e. The van der Waals surface area contributed by atoms with Gasteiger partial charge in [0.25, 0.3) is 0 Å². The molecule has 1 aromatic carbocycles. The summed E-state index contributed by atoms with van der Waals surface area (Å²) >= 11 is 0. The second-order valence-electron chi connectivity index (χ2n) is 5.43. The van der Waals surface area contributed by atoms with Crippen molar-refractivity contribution >= 4 is 11.4 Å². The van der Waals surface area contributed by atoms with E-state index in [1.54, 1.807) is 27.7 Å². The van der Waals surface area contributed by atoms with Crippen molar-refractivity contribution in [3.05, 3.63) is 42.8 Å². The van der Waals surface area contributed by atoms with Crippen LogP contribution < -0.4 is 9.68 Å². The lowest BCUT2D eigenvalue weighted by Crippen LogP contribution is -2.30. The third-order valence-corrected chi connectivity index (χ3v) is 3.80. The van der Waals surface area contributed by atoms with Crippen LogP contribution in [0.3, 0.4) is 0 Å². The third-order valence-electron chi connectivity index (χ3n) is 3.80. The van der Waals surface area contributed by atoms with E-state index in [1.807, 2.05) is 0 Å². The van der Waals surface area contributed by atoms with Crippen LogP contribution in [0.2, 0.25) is 0 Å². The monoisotopic (exact) mass is 430 g/mol. The van der Waals surface area contributed by atoms with Crippen molar-refractivity contribution in [3.8, 4) is 11.5 Å². The van der Waals surface area contributed by atoms with Gasteiger partial charge in [-0.1, -0.05) is 0 Å². The number of benzene rings is 1. The lowest BCUT2D eigenvalue weighted by Gasteiger charge is -2.13. The van der Waals surface area contributed by atoms with Crippen LogP contribution >= 0.6 is 0 Å². The first-order valence-corrected chi connectivity index (χ1v) is 8.86. The molecule has 0 aromatic heterocycles. The largest absolute Gasteiger partial charge is 0.569 e. The van der Waals surface area contributed by atoms with Crippen molar-refractivity contribution in [1.29, 1.82) is 0 Å². The first kappa shape index (κ1) is 24.1. The van der Waals surface area contributed by atoms with Crippen molar-refractivity contribution in [2.24, 2.45) is 10.6 Å². The van der Waals surface area contributed by atoms with Crippen molar-refractivity contribution < 1.29 is 29.5 Å². The molecule has 166 valence electrons. The van der Waals surface area contributed by atoms with Crippen molar-refractivity contribution in [3.63, 3.8) is 0 Å². The van der Waals surface area contributed by atoms with E-state index < -0.39 is 32.7 Å². The third kappa shape index (κ3) is 6.01. The standard InChI is InChI=1S/C14H22N8O8/c1-5-17(6-2)21(27)15-29-13-10-14(30-16-22(28)18(7-3)8-4)12(20(25)26)9-11(13)19(23)24/h9-10H,5-8H2,1-4H3/b21-15-,22-16-. The molecule has 0 unspecified atom stereocenters. The number of hydrazine groups is 2. The molecule has 16 heteroatoms. The molecule has 0 bridgehead atoms. The van der Waals surface area contributed by atoms with Crippen LogP contribution in [0.1, 0.15) is 27.7 Å². The number of rotatable bonds is 12. The van der Waals surface area contributed by atoms with E-state index in [-0.39, 0.29) is 36.1 Å². The topological polar surface area (TPSA) is 188 Å². The van der Waals surface area contributed by atoms with Gasteiger partial charge < -0.3 is 10.4 Å². The second kappa shape index (κ2) is 11.1. The van der Waals surface area contributed by atoms with Gasteiger partial charge in [0, 0.05) is 6.07 Å². The molecule has 0 heterocycles. The van der Waals surface area contributed by atoms with E-state index >= 15 is 0 Å². The maximum atomic E-state index is 11.8. The highest BCUT2D eigenvalue weighted by Crippen LogP contribution is 2.39.